The van der Waals surface area contributed by atoms with Gasteiger partial charge in [0.15, 0.2) is 0 Å². The van der Waals surface area contributed by atoms with Crippen molar-refractivity contribution in [2.45, 2.75) is 13.3 Å². The molecule has 0 aromatic heterocycles. The highest BCUT2D eigenvalue weighted by Crippen LogP contribution is 2.36. The van der Waals surface area contributed by atoms with Crippen molar-refractivity contribution in [3.8, 4) is 6.07 Å². The van der Waals surface area contributed by atoms with E-state index < -0.39 is 0 Å². The van der Waals surface area contributed by atoms with Gasteiger partial charge in [0.05, 0.1) is 23.0 Å². The van der Waals surface area contributed by atoms with Crippen molar-refractivity contribution in [1.29, 1.82) is 5.26 Å². The van der Waals surface area contributed by atoms with Crippen LogP contribution in [0.25, 0.3) is 0 Å². The molecule has 1 aliphatic heterocycles. The molecule has 2 aromatic rings. The van der Waals surface area contributed by atoms with E-state index in [4.69, 9.17) is 5.26 Å². The number of nitrogens with one attached hydrogen (secondary N) is 1. The number of fused-ring (bicyclic) bond motifs is 1. The van der Waals surface area contributed by atoms with Crippen molar-refractivity contribution in [2.75, 3.05) is 23.3 Å². The van der Waals surface area contributed by atoms with E-state index in [0.717, 1.165) is 30.9 Å². The summed E-state index contributed by atoms with van der Waals surface area (Å²) in [6.45, 7) is 4.00. The standard InChI is InChI=1S/C17H17N3/c1-2-14-5-3-4-6-16(14)20-10-9-19-15-8-7-13(12-18)11-17(15)20/h3-8,11,19H,2,9-10H2,1H3. The summed E-state index contributed by atoms with van der Waals surface area (Å²) in [4.78, 5) is 2.31. The maximum Gasteiger partial charge on any atom is 0.0992 e. The molecule has 100 valence electrons. The molecule has 0 atom stereocenters. The lowest BCUT2D eigenvalue weighted by Gasteiger charge is -2.33. The molecule has 3 rings (SSSR count). The predicted molar refractivity (Wildman–Crippen MR) is 82.5 cm³/mol. The molecule has 0 spiro atoms. The summed E-state index contributed by atoms with van der Waals surface area (Å²) < 4.78 is 0. The summed E-state index contributed by atoms with van der Waals surface area (Å²) in [6, 6.07) is 16.5. The molecule has 0 saturated carbocycles. The first kappa shape index (κ1) is 12.6. The summed E-state index contributed by atoms with van der Waals surface area (Å²) in [5.74, 6) is 0. The molecule has 3 heteroatoms. The average Bonchev–Trinajstić information content (AvgIpc) is 2.53. The van der Waals surface area contributed by atoms with Crippen LogP contribution in [0.1, 0.15) is 18.1 Å². The number of para-hydroxylation sites is 1. The zero-order valence-corrected chi connectivity index (χ0v) is 11.6. The Bertz CT molecular complexity index is 670. The van der Waals surface area contributed by atoms with Gasteiger partial charge in [0.2, 0.25) is 0 Å². The number of nitrogens with zero attached hydrogens (tertiary/aromatic N) is 2. The van der Waals surface area contributed by atoms with Gasteiger partial charge in [-0.15, -0.1) is 0 Å². The highest BCUT2D eigenvalue weighted by Gasteiger charge is 2.19. The zero-order chi connectivity index (χ0) is 13.9. The SMILES string of the molecule is CCc1ccccc1N1CCNc2ccc(C#N)cc21. The lowest BCUT2D eigenvalue weighted by Crippen LogP contribution is -2.30. The Hall–Kier alpha value is -2.47. The second-order valence-electron chi connectivity index (χ2n) is 4.90. The molecule has 0 aliphatic carbocycles. The second-order valence-corrected chi connectivity index (χ2v) is 4.90. The van der Waals surface area contributed by atoms with Crippen LogP contribution >= 0.6 is 0 Å². The van der Waals surface area contributed by atoms with Crippen LogP contribution in [0.2, 0.25) is 0 Å². The smallest absolute Gasteiger partial charge is 0.0992 e. The van der Waals surface area contributed by atoms with Gasteiger partial charge < -0.3 is 10.2 Å². The van der Waals surface area contributed by atoms with Crippen molar-refractivity contribution in [1.82, 2.24) is 0 Å². The van der Waals surface area contributed by atoms with Crippen LogP contribution in [0.5, 0.6) is 0 Å². The number of rotatable bonds is 2. The quantitative estimate of drug-likeness (QED) is 0.898. The maximum absolute atomic E-state index is 9.11. The van der Waals surface area contributed by atoms with Crippen LogP contribution < -0.4 is 10.2 Å². The minimum Gasteiger partial charge on any atom is -0.382 e. The maximum atomic E-state index is 9.11. The van der Waals surface area contributed by atoms with Crippen LogP contribution in [0, 0.1) is 11.3 Å². The fourth-order valence-corrected chi connectivity index (χ4v) is 2.72. The topological polar surface area (TPSA) is 39.1 Å². The molecule has 0 bridgehead atoms. The fourth-order valence-electron chi connectivity index (χ4n) is 2.72. The van der Waals surface area contributed by atoms with Crippen molar-refractivity contribution < 1.29 is 0 Å². The lowest BCUT2D eigenvalue weighted by atomic mass is 10.1. The molecule has 0 radical (unpaired) electrons. The predicted octanol–water partition coefficient (Wildman–Crippen LogP) is 3.68. The van der Waals surface area contributed by atoms with Gasteiger partial charge in [-0.25, -0.2) is 0 Å². The zero-order valence-electron chi connectivity index (χ0n) is 11.6. The molecular weight excluding hydrogens is 246 g/mol. The normalized spacial score (nSPS) is 13.3. The summed E-state index contributed by atoms with van der Waals surface area (Å²) >= 11 is 0. The van der Waals surface area contributed by atoms with Crippen molar-refractivity contribution in [3.63, 3.8) is 0 Å². The number of nitriles is 1. The fraction of sp³-hybridized carbons (Fsp3) is 0.235. The van der Waals surface area contributed by atoms with Gasteiger partial charge >= 0.3 is 0 Å². The van der Waals surface area contributed by atoms with Crippen LogP contribution in [0.4, 0.5) is 17.1 Å². The van der Waals surface area contributed by atoms with Gasteiger partial charge in [-0.1, -0.05) is 25.1 Å². The summed E-state index contributed by atoms with van der Waals surface area (Å²) in [7, 11) is 0. The molecule has 0 amide bonds. The van der Waals surface area contributed by atoms with Crippen LogP contribution in [0.15, 0.2) is 42.5 Å². The third kappa shape index (κ3) is 2.10. The first-order valence-electron chi connectivity index (χ1n) is 6.97. The van der Waals surface area contributed by atoms with E-state index in [9.17, 15) is 0 Å². The lowest BCUT2D eigenvalue weighted by molar-refractivity contribution is 0.915. The van der Waals surface area contributed by atoms with Crippen LogP contribution in [0.3, 0.4) is 0 Å². The van der Waals surface area contributed by atoms with Crippen molar-refractivity contribution in [2.24, 2.45) is 0 Å². The van der Waals surface area contributed by atoms with E-state index in [1.54, 1.807) is 0 Å². The number of anilines is 3. The molecule has 3 nitrogen and oxygen atoms in total. The van der Waals surface area contributed by atoms with E-state index in [-0.39, 0.29) is 0 Å². The third-order valence-corrected chi connectivity index (χ3v) is 3.73. The molecule has 0 unspecified atom stereocenters. The van der Waals surface area contributed by atoms with Crippen molar-refractivity contribution >= 4 is 17.1 Å². The third-order valence-electron chi connectivity index (χ3n) is 3.73. The monoisotopic (exact) mass is 263 g/mol. The van der Waals surface area contributed by atoms with Gasteiger partial charge in [0.25, 0.3) is 0 Å². The first-order valence-corrected chi connectivity index (χ1v) is 6.97. The molecule has 20 heavy (non-hydrogen) atoms. The van der Waals surface area contributed by atoms with E-state index >= 15 is 0 Å². The Balaban J connectivity index is 2.11. The minimum absolute atomic E-state index is 0.700. The average molecular weight is 263 g/mol. The molecular formula is C17H17N3. The molecule has 1 heterocycles. The van der Waals surface area contributed by atoms with Gasteiger partial charge in [0, 0.05) is 18.8 Å². The first-order chi connectivity index (χ1) is 9.83. The van der Waals surface area contributed by atoms with Crippen molar-refractivity contribution in [3.05, 3.63) is 53.6 Å². The summed E-state index contributed by atoms with van der Waals surface area (Å²) in [5, 5.41) is 12.5. The number of hydrogen-bond donors (Lipinski definition) is 1. The van der Waals surface area contributed by atoms with Crippen LogP contribution in [-0.2, 0) is 6.42 Å². The Morgan fingerprint density at radius 1 is 1.20 bits per heavy atom. The minimum atomic E-state index is 0.700. The Morgan fingerprint density at radius 2 is 2.05 bits per heavy atom. The van der Waals surface area contributed by atoms with E-state index in [1.165, 1.54) is 11.3 Å². The molecule has 0 saturated heterocycles. The Labute approximate surface area is 119 Å². The molecule has 0 fully saturated rings. The molecule has 2 aromatic carbocycles. The van der Waals surface area contributed by atoms with Gasteiger partial charge in [-0.05, 0) is 36.2 Å². The Morgan fingerprint density at radius 3 is 2.85 bits per heavy atom. The highest BCUT2D eigenvalue weighted by molar-refractivity contribution is 5.80. The van der Waals surface area contributed by atoms with Gasteiger partial charge in [-0.3, -0.25) is 0 Å². The summed E-state index contributed by atoms with van der Waals surface area (Å²) in [6.07, 6.45) is 1.01. The second kappa shape index (κ2) is 5.26. The molecule has 1 aliphatic rings. The van der Waals surface area contributed by atoms with Crippen LogP contribution in [-0.4, -0.2) is 13.1 Å². The Kier molecular flexibility index (Phi) is 3.30. The number of hydrogen-bond acceptors (Lipinski definition) is 3. The largest absolute Gasteiger partial charge is 0.382 e. The highest BCUT2D eigenvalue weighted by atomic mass is 15.2. The van der Waals surface area contributed by atoms with Gasteiger partial charge in [-0.2, -0.15) is 5.26 Å². The van der Waals surface area contributed by atoms with E-state index in [2.05, 4.69) is 47.5 Å². The van der Waals surface area contributed by atoms with E-state index in [0.29, 0.717) is 5.56 Å². The van der Waals surface area contributed by atoms with E-state index in [1.807, 2.05) is 18.2 Å². The number of aryl methyl sites for hydroxylation is 1. The van der Waals surface area contributed by atoms with Gasteiger partial charge in [0.1, 0.15) is 0 Å². The number of benzene rings is 2. The summed E-state index contributed by atoms with van der Waals surface area (Å²) in [5.41, 5.74) is 5.47. The molecule has 1 N–H and O–H groups in total.